The predicted molar refractivity (Wildman–Crippen MR) is 151 cm³/mol. The van der Waals surface area contributed by atoms with Crippen molar-refractivity contribution in [3.63, 3.8) is 0 Å². The number of rotatable bonds is 13. The molecule has 6 heteroatoms. The van der Waals surface area contributed by atoms with E-state index in [4.69, 9.17) is 21.3 Å². The van der Waals surface area contributed by atoms with Crippen LogP contribution in [-0.4, -0.2) is 28.6 Å². The van der Waals surface area contributed by atoms with Gasteiger partial charge in [-0.05, 0) is 72.7 Å². The third kappa shape index (κ3) is 7.59. The van der Waals surface area contributed by atoms with Crippen LogP contribution in [0.15, 0.2) is 72.8 Å². The number of imidazole rings is 1. The van der Waals surface area contributed by atoms with Crippen molar-refractivity contribution in [3.8, 4) is 5.75 Å². The van der Waals surface area contributed by atoms with Gasteiger partial charge in [-0.3, -0.25) is 4.79 Å². The number of amides is 1. The maximum Gasteiger partial charge on any atom is 0.224 e. The number of aromatic nitrogens is 2. The number of benzene rings is 3. The number of nitrogens with zero attached hydrogens (tertiary/aromatic N) is 2. The number of carbonyl (C=O) groups is 1. The van der Waals surface area contributed by atoms with E-state index in [-0.39, 0.29) is 5.91 Å². The maximum atomic E-state index is 12.3. The summed E-state index contributed by atoms with van der Waals surface area (Å²) in [6.45, 7) is 6.56. The van der Waals surface area contributed by atoms with Crippen molar-refractivity contribution in [2.75, 3.05) is 13.2 Å². The molecule has 0 saturated carbocycles. The second-order valence-corrected chi connectivity index (χ2v) is 9.94. The van der Waals surface area contributed by atoms with Crippen molar-refractivity contribution in [3.05, 3.63) is 94.8 Å². The number of nitrogens with one attached hydrogen (secondary N) is 1. The Balaban J connectivity index is 1.27. The van der Waals surface area contributed by atoms with Crippen LogP contribution >= 0.6 is 11.6 Å². The second kappa shape index (κ2) is 13.3. The monoisotopic (exact) mass is 517 g/mol. The molecular formula is C31H36ClN3O2. The van der Waals surface area contributed by atoms with Crippen molar-refractivity contribution in [2.24, 2.45) is 0 Å². The van der Waals surface area contributed by atoms with Crippen LogP contribution in [0.1, 0.15) is 56.0 Å². The van der Waals surface area contributed by atoms with E-state index in [1.807, 2.05) is 30.3 Å². The Morgan fingerprint density at radius 1 is 1.03 bits per heavy atom. The number of aryl methyl sites for hydroxylation is 2. The quantitative estimate of drug-likeness (QED) is 0.195. The van der Waals surface area contributed by atoms with E-state index in [2.05, 4.69) is 66.2 Å². The smallest absolute Gasteiger partial charge is 0.224 e. The van der Waals surface area contributed by atoms with E-state index in [1.54, 1.807) is 0 Å². The molecule has 1 aromatic heterocycles. The molecule has 0 saturated heterocycles. The second-order valence-electron chi connectivity index (χ2n) is 9.51. The molecule has 0 radical (unpaired) electrons. The zero-order chi connectivity index (χ0) is 26.0. The lowest BCUT2D eigenvalue weighted by Crippen LogP contribution is -2.26. The van der Waals surface area contributed by atoms with Gasteiger partial charge in [-0.1, -0.05) is 61.8 Å². The zero-order valence-corrected chi connectivity index (χ0v) is 22.5. The summed E-state index contributed by atoms with van der Waals surface area (Å²) in [4.78, 5) is 17.2. The van der Waals surface area contributed by atoms with Crippen LogP contribution in [0.4, 0.5) is 0 Å². The summed E-state index contributed by atoms with van der Waals surface area (Å²) in [5.41, 5.74) is 4.45. The summed E-state index contributed by atoms with van der Waals surface area (Å²) in [5.74, 6) is 2.55. The SMILES string of the molecule is CCC(C)c1ccc(OCCCn2c(CCCNC(=O)Cc3ccc(Cl)cc3)nc3ccccc32)cc1. The number of hydrogen-bond acceptors (Lipinski definition) is 3. The summed E-state index contributed by atoms with van der Waals surface area (Å²) in [6, 6.07) is 24.1. The maximum absolute atomic E-state index is 12.3. The van der Waals surface area contributed by atoms with E-state index in [1.165, 1.54) is 5.56 Å². The Kier molecular flexibility index (Phi) is 9.61. The molecule has 37 heavy (non-hydrogen) atoms. The van der Waals surface area contributed by atoms with Crippen LogP contribution in [-0.2, 0) is 24.2 Å². The van der Waals surface area contributed by atoms with E-state index in [0.717, 1.165) is 60.4 Å². The number of halogens is 1. The minimum absolute atomic E-state index is 0.0187. The third-order valence-corrected chi connectivity index (χ3v) is 7.02. The van der Waals surface area contributed by atoms with Gasteiger partial charge in [0.25, 0.3) is 0 Å². The standard InChI is InChI=1S/C31H36ClN3O2/c1-3-23(2)25-13-17-27(18-14-25)37-21-7-20-35-29-9-5-4-8-28(29)34-30(35)10-6-19-33-31(36)22-24-11-15-26(32)16-12-24/h4-5,8-9,11-18,23H,3,6-7,10,19-22H2,1-2H3,(H,33,36). The van der Waals surface area contributed by atoms with Gasteiger partial charge >= 0.3 is 0 Å². The molecule has 1 amide bonds. The minimum Gasteiger partial charge on any atom is -0.494 e. The van der Waals surface area contributed by atoms with Gasteiger partial charge in [0.1, 0.15) is 11.6 Å². The molecule has 194 valence electrons. The predicted octanol–water partition coefficient (Wildman–Crippen LogP) is 6.96. The molecule has 0 aliphatic heterocycles. The average Bonchev–Trinajstić information content (AvgIpc) is 3.27. The summed E-state index contributed by atoms with van der Waals surface area (Å²) in [7, 11) is 0. The molecule has 0 spiro atoms. The lowest BCUT2D eigenvalue weighted by atomic mass is 9.99. The Morgan fingerprint density at radius 2 is 1.78 bits per heavy atom. The highest BCUT2D eigenvalue weighted by Crippen LogP contribution is 2.22. The van der Waals surface area contributed by atoms with Gasteiger partial charge in [0.15, 0.2) is 0 Å². The number of hydrogen-bond donors (Lipinski definition) is 1. The Labute approximate surface area is 224 Å². The topological polar surface area (TPSA) is 56.1 Å². The Hall–Kier alpha value is -3.31. The van der Waals surface area contributed by atoms with Gasteiger partial charge in [-0.2, -0.15) is 0 Å². The first-order chi connectivity index (χ1) is 18.0. The number of ether oxygens (including phenoxy) is 1. The zero-order valence-electron chi connectivity index (χ0n) is 21.8. The van der Waals surface area contributed by atoms with Crippen LogP contribution in [0.3, 0.4) is 0 Å². The van der Waals surface area contributed by atoms with Gasteiger partial charge in [0.05, 0.1) is 24.1 Å². The Bertz CT molecular complexity index is 1280. The fraction of sp³-hybridized carbons (Fsp3) is 0.355. The van der Waals surface area contributed by atoms with Crippen molar-refractivity contribution >= 4 is 28.5 Å². The summed E-state index contributed by atoms with van der Waals surface area (Å²) < 4.78 is 8.31. The van der Waals surface area contributed by atoms with Crippen molar-refractivity contribution in [2.45, 2.75) is 58.4 Å². The van der Waals surface area contributed by atoms with Gasteiger partial charge in [-0.25, -0.2) is 4.98 Å². The van der Waals surface area contributed by atoms with Crippen LogP contribution in [0.5, 0.6) is 5.75 Å². The molecule has 1 atom stereocenters. The first-order valence-corrected chi connectivity index (χ1v) is 13.6. The molecule has 0 aliphatic carbocycles. The van der Waals surface area contributed by atoms with E-state index in [0.29, 0.717) is 30.5 Å². The van der Waals surface area contributed by atoms with E-state index in [9.17, 15) is 4.79 Å². The fourth-order valence-electron chi connectivity index (χ4n) is 4.43. The molecule has 1 N–H and O–H groups in total. The number of fused-ring (bicyclic) bond motifs is 1. The third-order valence-electron chi connectivity index (χ3n) is 6.77. The first kappa shape index (κ1) is 26.7. The molecule has 1 heterocycles. The summed E-state index contributed by atoms with van der Waals surface area (Å²) >= 11 is 5.92. The Morgan fingerprint density at radius 3 is 2.54 bits per heavy atom. The van der Waals surface area contributed by atoms with Crippen molar-refractivity contribution < 1.29 is 9.53 Å². The van der Waals surface area contributed by atoms with Gasteiger partial charge in [-0.15, -0.1) is 0 Å². The van der Waals surface area contributed by atoms with Gasteiger partial charge in [0, 0.05) is 24.5 Å². The normalized spacial score (nSPS) is 12.0. The largest absolute Gasteiger partial charge is 0.494 e. The van der Waals surface area contributed by atoms with Crippen LogP contribution in [0.2, 0.25) is 5.02 Å². The number of para-hydroxylation sites is 2. The fourth-order valence-corrected chi connectivity index (χ4v) is 4.56. The molecular weight excluding hydrogens is 482 g/mol. The lowest BCUT2D eigenvalue weighted by molar-refractivity contribution is -0.120. The highest BCUT2D eigenvalue weighted by atomic mass is 35.5. The molecule has 0 fully saturated rings. The highest BCUT2D eigenvalue weighted by molar-refractivity contribution is 6.30. The first-order valence-electron chi connectivity index (χ1n) is 13.2. The number of carbonyl (C=O) groups excluding carboxylic acids is 1. The average molecular weight is 518 g/mol. The van der Waals surface area contributed by atoms with Crippen LogP contribution in [0, 0.1) is 0 Å². The molecule has 1 unspecified atom stereocenters. The molecule has 4 aromatic rings. The summed E-state index contributed by atoms with van der Waals surface area (Å²) in [5, 5.41) is 3.70. The van der Waals surface area contributed by atoms with Gasteiger partial charge in [0.2, 0.25) is 5.91 Å². The van der Waals surface area contributed by atoms with Crippen molar-refractivity contribution in [1.29, 1.82) is 0 Å². The molecule has 4 rings (SSSR count). The van der Waals surface area contributed by atoms with Crippen LogP contribution < -0.4 is 10.1 Å². The summed E-state index contributed by atoms with van der Waals surface area (Å²) in [6.07, 6.45) is 4.01. The van der Waals surface area contributed by atoms with Gasteiger partial charge < -0.3 is 14.6 Å². The lowest BCUT2D eigenvalue weighted by Gasteiger charge is -2.12. The van der Waals surface area contributed by atoms with Crippen molar-refractivity contribution in [1.82, 2.24) is 14.9 Å². The van der Waals surface area contributed by atoms with Crippen LogP contribution in [0.25, 0.3) is 11.0 Å². The van der Waals surface area contributed by atoms with E-state index < -0.39 is 0 Å². The minimum atomic E-state index is 0.0187. The molecule has 3 aromatic carbocycles. The highest BCUT2D eigenvalue weighted by Gasteiger charge is 2.11. The van der Waals surface area contributed by atoms with E-state index >= 15 is 0 Å². The molecule has 0 aliphatic rings. The molecule has 5 nitrogen and oxygen atoms in total. The molecule has 0 bridgehead atoms.